The minimum Gasteiger partial charge on any atom is -0.489 e. The number of aromatic nitrogens is 4. The third kappa shape index (κ3) is 3.98. The van der Waals surface area contributed by atoms with Crippen LogP contribution in [0, 0.1) is 5.82 Å². The summed E-state index contributed by atoms with van der Waals surface area (Å²) in [7, 11) is 1.64. The van der Waals surface area contributed by atoms with E-state index in [4.69, 9.17) is 9.47 Å². The lowest BCUT2D eigenvalue weighted by Gasteiger charge is -2.39. The van der Waals surface area contributed by atoms with Crippen molar-refractivity contribution in [1.29, 1.82) is 0 Å². The summed E-state index contributed by atoms with van der Waals surface area (Å²) in [5.41, 5.74) is 1.02. The predicted octanol–water partition coefficient (Wildman–Crippen LogP) is 3.69. The molecule has 34 heavy (non-hydrogen) atoms. The SMILES string of the molecule is COCCN1c2cc(F)c(C(=O)Nc3cccc(-c4nncn4C(C)C)n3)cc2OCC12CC2. The van der Waals surface area contributed by atoms with Gasteiger partial charge in [-0.25, -0.2) is 9.37 Å². The first kappa shape index (κ1) is 22.3. The van der Waals surface area contributed by atoms with Gasteiger partial charge in [-0.05, 0) is 44.9 Å². The molecule has 3 aromatic rings. The second-order valence-corrected chi connectivity index (χ2v) is 8.97. The Labute approximate surface area is 196 Å². The van der Waals surface area contributed by atoms with E-state index in [1.165, 1.54) is 12.1 Å². The molecule has 1 spiro atoms. The molecule has 2 aliphatic rings. The van der Waals surface area contributed by atoms with Crippen LogP contribution in [0.25, 0.3) is 11.5 Å². The molecule has 0 atom stereocenters. The molecule has 178 valence electrons. The number of anilines is 2. The van der Waals surface area contributed by atoms with Gasteiger partial charge in [0, 0.05) is 25.8 Å². The maximum absolute atomic E-state index is 15.1. The fraction of sp³-hybridized carbons (Fsp3) is 0.417. The van der Waals surface area contributed by atoms with E-state index < -0.39 is 11.7 Å². The van der Waals surface area contributed by atoms with E-state index in [1.54, 1.807) is 31.6 Å². The van der Waals surface area contributed by atoms with Gasteiger partial charge >= 0.3 is 0 Å². The molecule has 1 aromatic carbocycles. The predicted molar refractivity (Wildman–Crippen MR) is 125 cm³/mol. The van der Waals surface area contributed by atoms with Crippen LogP contribution in [-0.4, -0.2) is 58.1 Å². The Kier molecular flexibility index (Phi) is 5.68. The van der Waals surface area contributed by atoms with Crippen molar-refractivity contribution in [3.63, 3.8) is 0 Å². The zero-order valence-corrected chi connectivity index (χ0v) is 19.4. The fourth-order valence-electron chi connectivity index (χ4n) is 4.30. The molecule has 1 amide bonds. The third-order valence-corrected chi connectivity index (χ3v) is 6.35. The first-order chi connectivity index (χ1) is 16.4. The van der Waals surface area contributed by atoms with Gasteiger partial charge in [-0.15, -0.1) is 10.2 Å². The maximum Gasteiger partial charge on any atom is 0.259 e. The number of rotatable bonds is 7. The average molecular weight is 467 g/mol. The number of hydrogen-bond donors (Lipinski definition) is 1. The number of benzene rings is 1. The molecule has 3 heterocycles. The quantitative estimate of drug-likeness (QED) is 0.568. The summed E-state index contributed by atoms with van der Waals surface area (Å²) in [6.45, 7) is 5.70. The summed E-state index contributed by atoms with van der Waals surface area (Å²) >= 11 is 0. The molecular formula is C24H27FN6O3. The molecule has 1 fully saturated rings. The van der Waals surface area contributed by atoms with Crippen molar-refractivity contribution < 1.29 is 18.7 Å². The molecule has 2 aromatic heterocycles. The molecule has 1 N–H and O–H groups in total. The highest BCUT2D eigenvalue weighted by molar-refractivity contribution is 6.04. The summed E-state index contributed by atoms with van der Waals surface area (Å²) in [6.07, 6.45) is 3.62. The van der Waals surface area contributed by atoms with Crippen LogP contribution in [0.4, 0.5) is 15.9 Å². The highest BCUT2D eigenvalue weighted by Gasteiger charge is 2.52. The number of fused-ring (bicyclic) bond motifs is 1. The van der Waals surface area contributed by atoms with Crippen LogP contribution in [-0.2, 0) is 4.74 Å². The lowest BCUT2D eigenvalue weighted by molar-refractivity contribution is 0.102. The van der Waals surface area contributed by atoms with Crippen molar-refractivity contribution in [2.45, 2.75) is 38.3 Å². The molecule has 0 bridgehead atoms. The molecule has 0 radical (unpaired) electrons. The van der Waals surface area contributed by atoms with Crippen LogP contribution in [0.5, 0.6) is 5.75 Å². The highest BCUT2D eigenvalue weighted by Crippen LogP contribution is 2.50. The number of pyridine rings is 1. The summed E-state index contributed by atoms with van der Waals surface area (Å²) in [5.74, 6) is 0.152. The normalized spacial score (nSPS) is 15.9. The molecular weight excluding hydrogens is 439 g/mol. The number of hydrogen-bond acceptors (Lipinski definition) is 7. The van der Waals surface area contributed by atoms with Crippen LogP contribution >= 0.6 is 0 Å². The van der Waals surface area contributed by atoms with Crippen LogP contribution in [0.15, 0.2) is 36.7 Å². The van der Waals surface area contributed by atoms with E-state index >= 15 is 4.39 Å². The number of nitrogens with one attached hydrogen (secondary N) is 1. The number of methoxy groups -OCH3 is 1. The van der Waals surface area contributed by atoms with E-state index in [-0.39, 0.29) is 23.0 Å². The monoisotopic (exact) mass is 466 g/mol. The van der Waals surface area contributed by atoms with Gasteiger partial charge in [0.1, 0.15) is 36.0 Å². The fourth-order valence-corrected chi connectivity index (χ4v) is 4.30. The first-order valence-electron chi connectivity index (χ1n) is 11.3. The summed E-state index contributed by atoms with van der Waals surface area (Å²) < 4.78 is 28.2. The Bertz CT molecular complexity index is 1220. The number of carbonyl (C=O) groups is 1. The van der Waals surface area contributed by atoms with Crippen molar-refractivity contribution in [2.24, 2.45) is 0 Å². The lowest BCUT2D eigenvalue weighted by Crippen LogP contribution is -2.47. The van der Waals surface area contributed by atoms with Gasteiger partial charge in [0.2, 0.25) is 0 Å². The van der Waals surface area contributed by atoms with Gasteiger partial charge in [0.25, 0.3) is 5.91 Å². The van der Waals surface area contributed by atoms with Crippen molar-refractivity contribution in [2.75, 3.05) is 37.1 Å². The molecule has 1 saturated carbocycles. The van der Waals surface area contributed by atoms with Gasteiger partial charge in [-0.1, -0.05) is 6.07 Å². The standard InChI is InChI=1S/C24H27FN6O3/c1-15(2)30-14-26-29-22(30)18-5-4-6-21(27-18)28-23(32)16-11-20-19(12-17(16)25)31(9-10-33-3)24(7-8-24)13-34-20/h4-6,11-12,14-15H,7-10,13H2,1-3H3,(H,27,28,32). The summed E-state index contributed by atoms with van der Waals surface area (Å²) in [4.78, 5) is 19.6. The Morgan fingerprint density at radius 2 is 2.15 bits per heavy atom. The largest absolute Gasteiger partial charge is 0.489 e. The van der Waals surface area contributed by atoms with Crippen LogP contribution in [0.2, 0.25) is 0 Å². The molecule has 1 aliphatic heterocycles. The van der Waals surface area contributed by atoms with Gasteiger partial charge in [-0.3, -0.25) is 4.79 Å². The average Bonchev–Trinajstić information content (AvgIpc) is 3.40. The Morgan fingerprint density at radius 1 is 1.32 bits per heavy atom. The lowest BCUT2D eigenvalue weighted by atomic mass is 10.1. The first-order valence-corrected chi connectivity index (χ1v) is 11.3. The Hall–Kier alpha value is -3.53. The summed E-state index contributed by atoms with van der Waals surface area (Å²) in [6, 6.07) is 8.18. The number of ether oxygens (including phenoxy) is 2. The smallest absolute Gasteiger partial charge is 0.259 e. The van der Waals surface area contributed by atoms with Crippen LogP contribution in [0.1, 0.15) is 43.1 Å². The molecule has 0 unspecified atom stereocenters. The van der Waals surface area contributed by atoms with Gasteiger partial charge < -0.3 is 24.3 Å². The van der Waals surface area contributed by atoms with Crippen LogP contribution in [0.3, 0.4) is 0 Å². The second kappa shape index (κ2) is 8.68. The van der Waals surface area contributed by atoms with Gasteiger partial charge in [-0.2, -0.15) is 0 Å². The van der Waals surface area contributed by atoms with Crippen molar-refractivity contribution >= 4 is 17.4 Å². The van der Waals surface area contributed by atoms with Gasteiger partial charge in [0.15, 0.2) is 5.82 Å². The highest BCUT2D eigenvalue weighted by atomic mass is 19.1. The van der Waals surface area contributed by atoms with E-state index in [2.05, 4.69) is 25.4 Å². The molecule has 0 saturated heterocycles. The third-order valence-electron chi connectivity index (χ3n) is 6.35. The maximum atomic E-state index is 15.1. The summed E-state index contributed by atoms with van der Waals surface area (Å²) in [5, 5.41) is 10.8. The van der Waals surface area contributed by atoms with E-state index in [9.17, 15) is 4.79 Å². The van der Waals surface area contributed by atoms with Crippen molar-refractivity contribution in [1.82, 2.24) is 19.7 Å². The van der Waals surface area contributed by atoms with Crippen molar-refractivity contribution in [3.8, 4) is 17.3 Å². The van der Waals surface area contributed by atoms with Gasteiger partial charge in [0.05, 0.1) is 23.4 Å². The molecule has 1 aliphatic carbocycles. The molecule has 10 heteroatoms. The zero-order chi connectivity index (χ0) is 23.9. The van der Waals surface area contributed by atoms with Crippen molar-refractivity contribution in [3.05, 3.63) is 48.0 Å². The Balaban J connectivity index is 1.39. The van der Waals surface area contributed by atoms with E-state index in [1.807, 2.05) is 18.4 Å². The number of amides is 1. The zero-order valence-electron chi connectivity index (χ0n) is 19.4. The number of halogens is 1. The minimum atomic E-state index is -0.615. The minimum absolute atomic E-state index is 0.0946. The topological polar surface area (TPSA) is 94.4 Å². The Morgan fingerprint density at radius 3 is 2.88 bits per heavy atom. The number of nitrogens with zero attached hydrogens (tertiary/aromatic N) is 5. The molecule has 5 rings (SSSR count). The van der Waals surface area contributed by atoms with E-state index in [0.29, 0.717) is 42.7 Å². The van der Waals surface area contributed by atoms with E-state index in [0.717, 1.165) is 12.8 Å². The second-order valence-electron chi connectivity index (χ2n) is 8.97. The molecule has 9 nitrogen and oxygen atoms in total. The van der Waals surface area contributed by atoms with Crippen LogP contribution < -0.4 is 15.0 Å². The number of carbonyl (C=O) groups excluding carboxylic acids is 1.